The van der Waals surface area contributed by atoms with E-state index < -0.39 is 0 Å². The topological polar surface area (TPSA) is 59.9 Å². The van der Waals surface area contributed by atoms with Crippen LogP contribution in [-0.2, 0) is 4.79 Å². The molecule has 0 aliphatic rings. The second-order valence-corrected chi connectivity index (χ2v) is 5.87. The fourth-order valence-electron chi connectivity index (χ4n) is 2.15. The number of benzene rings is 2. The fourth-order valence-corrected chi connectivity index (χ4v) is 2.37. The average Bonchev–Trinajstić information content (AvgIpc) is 2.60. The van der Waals surface area contributed by atoms with Gasteiger partial charge in [0.2, 0.25) is 5.91 Å². The van der Waals surface area contributed by atoms with Crippen LogP contribution in [0.2, 0.25) is 5.02 Å². The van der Waals surface area contributed by atoms with Crippen LogP contribution in [0.3, 0.4) is 0 Å². The van der Waals surface area contributed by atoms with Crippen molar-refractivity contribution in [3.8, 4) is 11.5 Å². The summed E-state index contributed by atoms with van der Waals surface area (Å²) in [7, 11) is 1.60. The lowest BCUT2D eigenvalue weighted by atomic mass is 10.2. The number of hydrogen-bond donors (Lipinski definition) is 1. The number of methoxy groups -OCH3 is 1. The van der Waals surface area contributed by atoms with Gasteiger partial charge in [-0.05, 0) is 54.8 Å². The van der Waals surface area contributed by atoms with Gasteiger partial charge in [0.15, 0.2) is 0 Å². The summed E-state index contributed by atoms with van der Waals surface area (Å²) in [5, 5.41) is 4.62. The molecule has 132 valence electrons. The van der Waals surface area contributed by atoms with Crippen LogP contribution in [-0.4, -0.2) is 25.8 Å². The van der Waals surface area contributed by atoms with E-state index in [1.165, 1.54) is 0 Å². The minimum Gasteiger partial charge on any atom is -0.497 e. The van der Waals surface area contributed by atoms with Crippen LogP contribution in [0.25, 0.3) is 0 Å². The molecule has 0 bridgehead atoms. The van der Waals surface area contributed by atoms with Gasteiger partial charge in [-0.25, -0.2) is 5.43 Å². The molecule has 2 aromatic carbocycles. The number of rotatable bonds is 8. The van der Waals surface area contributed by atoms with Crippen molar-refractivity contribution >= 4 is 23.7 Å². The highest BCUT2D eigenvalue weighted by molar-refractivity contribution is 6.30. The van der Waals surface area contributed by atoms with E-state index in [1.807, 2.05) is 43.3 Å². The van der Waals surface area contributed by atoms with Crippen molar-refractivity contribution in [2.24, 2.45) is 5.10 Å². The van der Waals surface area contributed by atoms with Crippen molar-refractivity contribution in [2.75, 3.05) is 13.7 Å². The van der Waals surface area contributed by atoms with Gasteiger partial charge in [-0.1, -0.05) is 23.7 Å². The summed E-state index contributed by atoms with van der Waals surface area (Å²) in [6, 6.07) is 12.9. The molecule has 1 N–H and O–H groups in total. The van der Waals surface area contributed by atoms with Gasteiger partial charge in [0, 0.05) is 11.4 Å². The third kappa shape index (κ3) is 6.47. The molecule has 0 heterocycles. The molecule has 2 aromatic rings. The number of carbonyl (C=O) groups is 1. The van der Waals surface area contributed by atoms with Crippen LogP contribution < -0.4 is 14.9 Å². The van der Waals surface area contributed by atoms with E-state index in [-0.39, 0.29) is 5.91 Å². The van der Waals surface area contributed by atoms with Gasteiger partial charge in [-0.3, -0.25) is 4.79 Å². The maximum Gasteiger partial charge on any atom is 0.240 e. The van der Waals surface area contributed by atoms with Crippen molar-refractivity contribution in [2.45, 2.75) is 19.8 Å². The Morgan fingerprint density at radius 1 is 1.28 bits per heavy atom. The van der Waals surface area contributed by atoms with Crippen LogP contribution in [0.4, 0.5) is 0 Å². The third-order valence-corrected chi connectivity index (χ3v) is 3.67. The molecular formula is C19H21ClN2O3. The van der Waals surface area contributed by atoms with Crippen molar-refractivity contribution in [1.82, 2.24) is 5.43 Å². The quantitative estimate of drug-likeness (QED) is 0.440. The van der Waals surface area contributed by atoms with Gasteiger partial charge in [-0.2, -0.15) is 5.10 Å². The second kappa shape index (κ2) is 9.69. The summed E-state index contributed by atoms with van der Waals surface area (Å²) in [5.74, 6) is 1.36. The van der Waals surface area contributed by atoms with Crippen molar-refractivity contribution in [3.63, 3.8) is 0 Å². The highest BCUT2D eigenvalue weighted by Crippen LogP contribution is 2.21. The Hall–Kier alpha value is -2.53. The van der Waals surface area contributed by atoms with E-state index >= 15 is 0 Å². The molecule has 0 unspecified atom stereocenters. The number of aryl methyl sites for hydroxylation is 1. The van der Waals surface area contributed by atoms with Gasteiger partial charge in [0.1, 0.15) is 11.5 Å². The lowest BCUT2D eigenvalue weighted by Crippen LogP contribution is -2.18. The van der Waals surface area contributed by atoms with Gasteiger partial charge < -0.3 is 9.47 Å². The molecule has 0 saturated carbocycles. The van der Waals surface area contributed by atoms with Crippen LogP contribution in [0.5, 0.6) is 11.5 Å². The van der Waals surface area contributed by atoms with E-state index in [0.717, 1.165) is 22.6 Å². The van der Waals surface area contributed by atoms with E-state index in [4.69, 9.17) is 21.1 Å². The van der Waals surface area contributed by atoms with Crippen LogP contribution in [0.1, 0.15) is 24.0 Å². The molecule has 2 rings (SSSR count). The number of nitrogens with one attached hydrogen (secondary N) is 1. The Kier molecular flexibility index (Phi) is 7.29. The van der Waals surface area contributed by atoms with Crippen LogP contribution in [0, 0.1) is 6.92 Å². The van der Waals surface area contributed by atoms with E-state index in [0.29, 0.717) is 24.5 Å². The Morgan fingerprint density at radius 2 is 2.12 bits per heavy atom. The lowest BCUT2D eigenvalue weighted by molar-refractivity contribution is -0.121. The van der Waals surface area contributed by atoms with E-state index in [1.54, 1.807) is 19.4 Å². The predicted octanol–water partition coefficient (Wildman–Crippen LogP) is 3.97. The zero-order valence-electron chi connectivity index (χ0n) is 14.3. The largest absolute Gasteiger partial charge is 0.497 e. The summed E-state index contributed by atoms with van der Waals surface area (Å²) < 4.78 is 10.8. The second-order valence-electron chi connectivity index (χ2n) is 5.43. The maximum atomic E-state index is 11.8. The minimum absolute atomic E-state index is 0.157. The van der Waals surface area contributed by atoms with Crippen LogP contribution >= 0.6 is 11.6 Å². The number of hydrogen-bond acceptors (Lipinski definition) is 4. The van der Waals surface area contributed by atoms with Crippen molar-refractivity contribution < 1.29 is 14.3 Å². The average molecular weight is 361 g/mol. The normalized spacial score (nSPS) is 10.7. The number of amides is 1. The number of carbonyl (C=O) groups excluding carboxylic acids is 1. The van der Waals surface area contributed by atoms with Gasteiger partial charge in [0.05, 0.1) is 19.9 Å². The molecule has 0 aliphatic heterocycles. The molecule has 0 aromatic heterocycles. The predicted molar refractivity (Wildman–Crippen MR) is 99.6 cm³/mol. The summed E-state index contributed by atoms with van der Waals surface area (Å²) >= 11 is 5.90. The molecule has 0 spiro atoms. The highest BCUT2D eigenvalue weighted by Gasteiger charge is 2.03. The summed E-state index contributed by atoms with van der Waals surface area (Å²) in [6.45, 7) is 2.39. The molecule has 5 nitrogen and oxygen atoms in total. The third-order valence-electron chi connectivity index (χ3n) is 3.44. The summed E-state index contributed by atoms with van der Waals surface area (Å²) in [6.07, 6.45) is 2.51. The number of halogens is 1. The first-order valence-corrected chi connectivity index (χ1v) is 8.31. The van der Waals surface area contributed by atoms with Crippen molar-refractivity contribution in [3.05, 3.63) is 58.6 Å². The zero-order valence-corrected chi connectivity index (χ0v) is 15.0. The minimum atomic E-state index is -0.157. The van der Waals surface area contributed by atoms with Gasteiger partial charge in [0.25, 0.3) is 0 Å². The van der Waals surface area contributed by atoms with E-state index in [2.05, 4.69) is 10.5 Å². The standard InChI is InChI=1S/C19H21ClN2O3/c1-14-11-16(20)8-9-18(14)25-10-4-7-19(23)22-21-13-15-5-3-6-17(12-15)24-2/h3,5-6,8-9,11-13H,4,7,10H2,1-2H3,(H,22,23). The number of hydrazone groups is 1. The maximum absolute atomic E-state index is 11.8. The number of ether oxygens (including phenoxy) is 2. The monoisotopic (exact) mass is 360 g/mol. The lowest BCUT2D eigenvalue weighted by Gasteiger charge is -2.08. The fraction of sp³-hybridized carbons (Fsp3) is 0.263. The van der Waals surface area contributed by atoms with Crippen LogP contribution in [0.15, 0.2) is 47.6 Å². The highest BCUT2D eigenvalue weighted by atomic mass is 35.5. The molecule has 0 saturated heterocycles. The van der Waals surface area contributed by atoms with Gasteiger partial charge >= 0.3 is 0 Å². The molecule has 6 heteroatoms. The van der Waals surface area contributed by atoms with E-state index in [9.17, 15) is 4.79 Å². The molecular weight excluding hydrogens is 340 g/mol. The SMILES string of the molecule is COc1cccc(C=NNC(=O)CCCOc2ccc(Cl)cc2C)c1. The first-order chi connectivity index (χ1) is 12.1. The molecule has 0 radical (unpaired) electrons. The molecule has 0 aliphatic carbocycles. The molecule has 1 amide bonds. The first kappa shape index (κ1) is 18.8. The summed E-state index contributed by atoms with van der Waals surface area (Å²) in [4.78, 5) is 11.8. The Morgan fingerprint density at radius 3 is 2.88 bits per heavy atom. The van der Waals surface area contributed by atoms with Crippen molar-refractivity contribution in [1.29, 1.82) is 0 Å². The molecule has 0 fully saturated rings. The Balaban J connectivity index is 1.69. The molecule has 0 atom stereocenters. The Bertz CT molecular complexity index is 747. The first-order valence-electron chi connectivity index (χ1n) is 7.93. The number of nitrogens with zero attached hydrogens (tertiary/aromatic N) is 1. The zero-order chi connectivity index (χ0) is 18.1. The summed E-state index contributed by atoms with van der Waals surface area (Å²) in [5.41, 5.74) is 4.32. The molecule has 25 heavy (non-hydrogen) atoms. The Labute approximate surface area is 152 Å². The smallest absolute Gasteiger partial charge is 0.240 e. The van der Waals surface area contributed by atoms with Gasteiger partial charge in [-0.15, -0.1) is 0 Å².